The van der Waals surface area contributed by atoms with E-state index < -0.39 is 18.5 Å². The predicted octanol–water partition coefficient (Wildman–Crippen LogP) is 3.63. The van der Waals surface area contributed by atoms with Crippen molar-refractivity contribution < 1.29 is 19.1 Å². The van der Waals surface area contributed by atoms with Gasteiger partial charge in [-0.1, -0.05) is 29.8 Å². The van der Waals surface area contributed by atoms with E-state index in [2.05, 4.69) is 10.3 Å². The molecule has 1 heterocycles. The molecule has 7 heteroatoms. The summed E-state index contributed by atoms with van der Waals surface area (Å²) in [6.07, 6.45) is 0. The fraction of sp³-hybridized carbons (Fsp3) is 0.111. The fourth-order valence-corrected chi connectivity index (χ4v) is 2.53. The topological polar surface area (TPSA) is 80.4 Å². The van der Waals surface area contributed by atoms with Gasteiger partial charge < -0.3 is 19.8 Å². The highest BCUT2D eigenvalue weighted by Crippen LogP contribution is 2.27. The number of nitrogens with one attached hydrogen (secondary N) is 2. The monoisotopic (exact) mass is 358 g/mol. The van der Waals surface area contributed by atoms with Gasteiger partial charge in [0.05, 0.1) is 12.8 Å². The SMILES string of the molecule is COc1ccc(Cl)cc1NC(=O)COC(=O)c1cc2ccccc2[nH]1. The number of aromatic amines is 1. The minimum Gasteiger partial charge on any atom is -0.495 e. The van der Waals surface area contributed by atoms with Crippen LogP contribution in [0.15, 0.2) is 48.5 Å². The normalized spacial score (nSPS) is 10.5. The van der Waals surface area contributed by atoms with Crippen LogP contribution in [0.4, 0.5) is 5.69 Å². The standard InChI is InChI=1S/C18H15ClN2O4/c1-24-16-7-6-12(19)9-14(16)21-17(22)10-25-18(23)15-8-11-4-2-3-5-13(11)20-15/h2-9,20H,10H2,1H3,(H,21,22). The average molecular weight is 359 g/mol. The number of amides is 1. The third-order valence-electron chi connectivity index (χ3n) is 3.52. The van der Waals surface area contributed by atoms with E-state index in [9.17, 15) is 9.59 Å². The van der Waals surface area contributed by atoms with E-state index in [1.54, 1.807) is 24.3 Å². The summed E-state index contributed by atoms with van der Waals surface area (Å²) < 4.78 is 10.2. The van der Waals surface area contributed by atoms with Crippen LogP contribution in [-0.2, 0) is 9.53 Å². The van der Waals surface area contributed by atoms with E-state index in [-0.39, 0.29) is 5.69 Å². The van der Waals surface area contributed by atoms with Gasteiger partial charge in [0.2, 0.25) is 0 Å². The number of halogens is 1. The molecule has 0 atom stereocenters. The number of anilines is 1. The molecule has 128 valence electrons. The van der Waals surface area contributed by atoms with Crippen LogP contribution < -0.4 is 10.1 Å². The van der Waals surface area contributed by atoms with Gasteiger partial charge in [-0.15, -0.1) is 0 Å². The van der Waals surface area contributed by atoms with Crippen molar-refractivity contribution in [3.05, 3.63) is 59.2 Å². The summed E-state index contributed by atoms with van der Waals surface area (Å²) in [5, 5.41) is 3.94. The highest BCUT2D eigenvalue weighted by atomic mass is 35.5. The first-order chi connectivity index (χ1) is 12.1. The maximum atomic E-state index is 12.1. The van der Waals surface area contributed by atoms with Crippen molar-refractivity contribution >= 4 is 40.1 Å². The summed E-state index contributed by atoms with van der Waals surface area (Å²) in [5.41, 5.74) is 1.51. The second-order valence-electron chi connectivity index (χ2n) is 5.24. The number of hydrogen-bond donors (Lipinski definition) is 2. The Labute approximate surface area is 148 Å². The Morgan fingerprint density at radius 2 is 1.96 bits per heavy atom. The van der Waals surface area contributed by atoms with Gasteiger partial charge in [0, 0.05) is 15.9 Å². The molecule has 6 nitrogen and oxygen atoms in total. The highest BCUT2D eigenvalue weighted by molar-refractivity contribution is 6.31. The number of carbonyl (C=O) groups is 2. The lowest BCUT2D eigenvalue weighted by Crippen LogP contribution is -2.21. The molecule has 0 aliphatic carbocycles. The summed E-state index contributed by atoms with van der Waals surface area (Å²) in [4.78, 5) is 27.0. The molecule has 0 fully saturated rings. The third-order valence-corrected chi connectivity index (χ3v) is 3.75. The van der Waals surface area contributed by atoms with Crippen LogP contribution in [0.5, 0.6) is 5.75 Å². The van der Waals surface area contributed by atoms with Crippen molar-refractivity contribution in [2.75, 3.05) is 19.0 Å². The Morgan fingerprint density at radius 1 is 1.16 bits per heavy atom. The molecule has 0 saturated carbocycles. The Balaban J connectivity index is 1.62. The Bertz CT molecular complexity index is 903. The lowest BCUT2D eigenvalue weighted by molar-refractivity contribution is -0.119. The summed E-state index contributed by atoms with van der Waals surface area (Å²) in [6.45, 7) is -0.427. The second kappa shape index (κ2) is 7.27. The van der Waals surface area contributed by atoms with Crippen LogP contribution in [0, 0.1) is 0 Å². The first-order valence-corrected chi connectivity index (χ1v) is 7.83. The Morgan fingerprint density at radius 3 is 2.72 bits per heavy atom. The third kappa shape index (κ3) is 3.92. The Hall–Kier alpha value is -2.99. The predicted molar refractivity (Wildman–Crippen MR) is 95.2 cm³/mol. The molecule has 3 rings (SSSR count). The van der Waals surface area contributed by atoms with Gasteiger partial charge in [-0.2, -0.15) is 0 Å². The highest BCUT2D eigenvalue weighted by Gasteiger charge is 2.14. The van der Waals surface area contributed by atoms with Crippen molar-refractivity contribution in [2.45, 2.75) is 0 Å². The molecule has 0 radical (unpaired) electrons. The number of benzene rings is 2. The number of fused-ring (bicyclic) bond motifs is 1. The van der Waals surface area contributed by atoms with E-state index in [0.29, 0.717) is 16.5 Å². The van der Waals surface area contributed by atoms with Gasteiger partial charge in [0.15, 0.2) is 6.61 Å². The van der Waals surface area contributed by atoms with E-state index in [1.165, 1.54) is 7.11 Å². The lowest BCUT2D eigenvalue weighted by atomic mass is 10.2. The van der Waals surface area contributed by atoms with Crippen molar-refractivity contribution in [1.29, 1.82) is 0 Å². The molecule has 0 spiro atoms. The van der Waals surface area contributed by atoms with Crippen LogP contribution in [0.1, 0.15) is 10.5 Å². The fourth-order valence-electron chi connectivity index (χ4n) is 2.36. The van der Waals surface area contributed by atoms with E-state index in [4.69, 9.17) is 21.1 Å². The minimum atomic E-state index is -0.607. The maximum absolute atomic E-state index is 12.1. The molecule has 0 bridgehead atoms. The number of rotatable bonds is 5. The van der Waals surface area contributed by atoms with Gasteiger partial charge in [-0.25, -0.2) is 4.79 Å². The van der Waals surface area contributed by atoms with Gasteiger partial charge >= 0.3 is 5.97 Å². The molecular weight excluding hydrogens is 344 g/mol. The lowest BCUT2D eigenvalue weighted by Gasteiger charge is -2.10. The molecule has 0 aliphatic heterocycles. The smallest absolute Gasteiger partial charge is 0.355 e. The van der Waals surface area contributed by atoms with Crippen LogP contribution >= 0.6 is 11.6 Å². The molecule has 25 heavy (non-hydrogen) atoms. The van der Waals surface area contributed by atoms with Crippen molar-refractivity contribution in [3.63, 3.8) is 0 Å². The number of hydrogen-bond acceptors (Lipinski definition) is 4. The minimum absolute atomic E-state index is 0.286. The average Bonchev–Trinajstić information content (AvgIpc) is 3.04. The van der Waals surface area contributed by atoms with Gasteiger partial charge in [-0.3, -0.25) is 4.79 Å². The molecule has 1 amide bonds. The van der Waals surface area contributed by atoms with Gasteiger partial charge in [-0.05, 0) is 30.3 Å². The molecular formula is C18H15ClN2O4. The first-order valence-electron chi connectivity index (χ1n) is 7.45. The number of methoxy groups -OCH3 is 1. The zero-order valence-electron chi connectivity index (χ0n) is 13.3. The first kappa shape index (κ1) is 16.9. The molecule has 2 N–H and O–H groups in total. The van der Waals surface area contributed by atoms with E-state index in [0.717, 1.165) is 10.9 Å². The Kier molecular flexibility index (Phi) is 4.90. The number of aromatic nitrogens is 1. The zero-order valence-corrected chi connectivity index (χ0v) is 14.1. The van der Waals surface area contributed by atoms with Gasteiger partial charge in [0.25, 0.3) is 5.91 Å². The van der Waals surface area contributed by atoms with Crippen LogP contribution in [-0.4, -0.2) is 30.6 Å². The van der Waals surface area contributed by atoms with E-state index >= 15 is 0 Å². The summed E-state index contributed by atoms with van der Waals surface area (Å²) >= 11 is 5.91. The van der Waals surface area contributed by atoms with E-state index in [1.807, 2.05) is 24.3 Å². The van der Waals surface area contributed by atoms with Crippen LogP contribution in [0.2, 0.25) is 5.02 Å². The maximum Gasteiger partial charge on any atom is 0.355 e. The van der Waals surface area contributed by atoms with Crippen molar-refractivity contribution in [3.8, 4) is 5.75 Å². The molecule has 0 aliphatic rings. The summed E-state index contributed by atoms with van der Waals surface area (Å²) in [6, 6.07) is 14.0. The van der Waals surface area contributed by atoms with Crippen LogP contribution in [0.25, 0.3) is 10.9 Å². The molecule has 0 unspecified atom stereocenters. The number of H-pyrrole nitrogens is 1. The largest absolute Gasteiger partial charge is 0.495 e. The zero-order chi connectivity index (χ0) is 17.8. The van der Waals surface area contributed by atoms with Crippen molar-refractivity contribution in [1.82, 2.24) is 4.98 Å². The molecule has 0 saturated heterocycles. The number of ether oxygens (including phenoxy) is 2. The summed E-state index contributed by atoms with van der Waals surface area (Å²) in [7, 11) is 1.48. The number of esters is 1. The molecule has 1 aromatic heterocycles. The number of carbonyl (C=O) groups excluding carboxylic acids is 2. The summed E-state index contributed by atoms with van der Waals surface area (Å²) in [5.74, 6) is -0.644. The van der Waals surface area contributed by atoms with Crippen molar-refractivity contribution in [2.24, 2.45) is 0 Å². The quantitative estimate of drug-likeness (QED) is 0.682. The van der Waals surface area contributed by atoms with Gasteiger partial charge in [0.1, 0.15) is 11.4 Å². The second-order valence-corrected chi connectivity index (χ2v) is 5.68. The van der Waals surface area contributed by atoms with Crippen LogP contribution in [0.3, 0.4) is 0 Å². The molecule has 3 aromatic rings. The molecule has 2 aromatic carbocycles. The number of para-hydroxylation sites is 1.